The molecule has 3 N–H and O–H groups in total. The molecule has 106 valence electrons. The van der Waals surface area contributed by atoms with Crippen LogP contribution < -0.4 is 16.0 Å². The van der Waals surface area contributed by atoms with Crippen molar-refractivity contribution >= 4 is 15.9 Å². The average molecular weight is 339 g/mol. The van der Waals surface area contributed by atoms with Crippen molar-refractivity contribution in [3.8, 4) is 5.75 Å². The minimum Gasteiger partial charge on any atom is -0.496 e. The molecule has 0 aromatic heterocycles. The van der Waals surface area contributed by atoms with E-state index in [1.165, 1.54) is 6.07 Å². The molecular weight excluding hydrogens is 323 g/mol. The Labute approximate surface area is 126 Å². The average Bonchev–Trinajstić information content (AvgIpc) is 2.48. The van der Waals surface area contributed by atoms with Crippen molar-refractivity contribution in [2.24, 2.45) is 5.84 Å². The summed E-state index contributed by atoms with van der Waals surface area (Å²) in [6, 6.07) is 12.2. The molecule has 0 aliphatic carbocycles. The molecule has 2 rings (SSSR count). The van der Waals surface area contributed by atoms with Gasteiger partial charge in [0.2, 0.25) is 0 Å². The second kappa shape index (κ2) is 6.83. The molecule has 2 aromatic carbocycles. The van der Waals surface area contributed by atoms with E-state index in [1.54, 1.807) is 19.2 Å². The Morgan fingerprint density at radius 3 is 2.75 bits per heavy atom. The first kappa shape index (κ1) is 15.0. The van der Waals surface area contributed by atoms with Gasteiger partial charge in [0.15, 0.2) is 0 Å². The highest BCUT2D eigenvalue weighted by Gasteiger charge is 2.17. The number of benzene rings is 2. The SMILES string of the molecule is COc1ccccc1C(Cc1cc(Br)ccc1F)NN. The van der Waals surface area contributed by atoms with Crippen molar-refractivity contribution in [2.75, 3.05) is 7.11 Å². The van der Waals surface area contributed by atoms with E-state index in [-0.39, 0.29) is 11.9 Å². The van der Waals surface area contributed by atoms with Crippen LogP contribution in [0.2, 0.25) is 0 Å². The van der Waals surface area contributed by atoms with Crippen LogP contribution in [0.4, 0.5) is 4.39 Å². The van der Waals surface area contributed by atoms with Gasteiger partial charge in [0, 0.05) is 10.0 Å². The normalized spacial score (nSPS) is 12.2. The van der Waals surface area contributed by atoms with Gasteiger partial charge in [0.1, 0.15) is 11.6 Å². The van der Waals surface area contributed by atoms with Crippen molar-refractivity contribution in [1.82, 2.24) is 5.43 Å². The minimum absolute atomic E-state index is 0.227. The summed E-state index contributed by atoms with van der Waals surface area (Å²) in [5.74, 6) is 6.11. The first-order valence-corrected chi connectivity index (χ1v) is 6.98. The lowest BCUT2D eigenvalue weighted by molar-refractivity contribution is 0.398. The van der Waals surface area contributed by atoms with E-state index in [2.05, 4.69) is 21.4 Å². The topological polar surface area (TPSA) is 47.3 Å². The third-order valence-electron chi connectivity index (χ3n) is 3.15. The van der Waals surface area contributed by atoms with E-state index in [1.807, 2.05) is 24.3 Å². The van der Waals surface area contributed by atoms with Gasteiger partial charge in [-0.05, 0) is 36.2 Å². The second-order valence-electron chi connectivity index (χ2n) is 4.40. The summed E-state index contributed by atoms with van der Waals surface area (Å²) >= 11 is 3.35. The van der Waals surface area contributed by atoms with E-state index >= 15 is 0 Å². The van der Waals surface area contributed by atoms with Gasteiger partial charge in [0.25, 0.3) is 0 Å². The fourth-order valence-electron chi connectivity index (χ4n) is 2.13. The van der Waals surface area contributed by atoms with Gasteiger partial charge in [0.05, 0.1) is 13.2 Å². The summed E-state index contributed by atoms with van der Waals surface area (Å²) in [4.78, 5) is 0. The summed E-state index contributed by atoms with van der Waals surface area (Å²) in [5.41, 5.74) is 4.22. The van der Waals surface area contributed by atoms with E-state index in [9.17, 15) is 4.39 Å². The van der Waals surface area contributed by atoms with Gasteiger partial charge in [-0.15, -0.1) is 0 Å². The molecule has 0 bridgehead atoms. The number of rotatable bonds is 5. The van der Waals surface area contributed by atoms with Crippen LogP contribution in [0.15, 0.2) is 46.9 Å². The zero-order valence-corrected chi connectivity index (χ0v) is 12.7. The first-order chi connectivity index (χ1) is 9.65. The second-order valence-corrected chi connectivity index (χ2v) is 5.32. The van der Waals surface area contributed by atoms with Crippen LogP contribution in [0.5, 0.6) is 5.75 Å². The Morgan fingerprint density at radius 2 is 2.05 bits per heavy atom. The summed E-state index contributed by atoms with van der Waals surface area (Å²) in [5, 5.41) is 0. The third-order valence-corrected chi connectivity index (χ3v) is 3.64. The number of nitrogens with one attached hydrogen (secondary N) is 1. The summed E-state index contributed by atoms with van der Waals surface area (Å²) < 4.78 is 20.0. The van der Waals surface area contributed by atoms with Crippen LogP contribution >= 0.6 is 15.9 Å². The van der Waals surface area contributed by atoms with Crippen molar-refractivity contribution in [3.05, 3.63) is 63.9 Å². The van der Waals surface area contributed by atoms with Crippen LogP contribution in [0.25, 0.3) is 0 Å². The maximum absolute atomic E-state index is 13.8. The molecule has 1 atom stereocenters. The number of halogens is 2. The van der Waals surface area contributed by atoms with Crippen molar-refractivity contribution in [2.45, 2.75) is 12.5 Å². The minimum atomic E-state index is -0.247. The lowest BCUT2D eigenvalue weighted by atomic mass is 9.98. The van der Waals surface area contributed by atoms with E-state index in [0.29, 0.717) is 12.0 Å². The lowest BCUT2D eigenvalue weighted by Crippen LogP contribution is -2.30. The highest BCUT2D eigenvalue weighted by atomic mass is 79.9. The molecule has 1 unspecified atom stereocenters. The van der Waals surface area contributed by atoms with E-state index in [0.717, 1.165) is 15.8 Å². The molecule has 0 aliphatic heterocycles. The maximum atomic E-state index is 13.8. The Balaban J connectivity index is 2.31. The first-order valence-electron chi connectivity index (χ1n) is 6.18. The molecule has 3 nitrogen and oxygen atoms in total. The highest BCUT2D eigenvalue weighted by Crippen LogP contribution is 2.28. The molecule has 0 saturated carbocycles. The van der Waals surface area contributed by atoms with Crippen LogP contribution in [-0.2, 0) is 6.42 Å². The number of nitrogens with two attached hydrogens (primary N) is 1. The molecule has 0 heterocycles. The largest absolute Gasteiger partial charge is 0.496 e. The maximum Gasteiger partial charge on any atom is 0.126 e. The number of hydrogen-bond donors (Lipinski definition) is 2. The summed E-state index contributed by atoms with van der Waals surface area (Å²) in [7, 11) is 1.60. The number of methoxy groups -OCH3 is 1. The zero-order chi connectivity index (χ0) is 14.5. The zero-order valence-electron chi connectivity index (χ0n) is 11.1. The molecule has 20 heavy (non-hydrogen) atoms. The third kappa shape index (κ3) is 3.36. The molecule has 0 fully saturated rings. The molecule has 0 saturated heterocycles. The number of hydrazine groups is 1. The van der Waals surface area contributed by atoms with Gasteiger partial charge in [-0.25, -0.2) is 4.39 Å². The van der Waals surface area contributed by atoms with Crippen LogP contribution in [0.3, 0.4) is 0 Å². The highest BCUT2D eigenvalue weighted by molar-refractivity contribution is 9.10. The Bertz CT molecular complexity index is 592. The van der Waals surface area contributed by atoms with E-state index < -0.39 is 0 Å². The predicted molar refractivity (Wildman–Crippen MR) is 80.9 cm³/mol. The predicted octanol–water partition coefficient (Wildman–Crippen LogP) is 3.34. The Hall–Kier alpha value is -1.43. The number of hydrogen-bond acceptors (Lipinski definition) is 3. The quantitative estimate of drug-likeness (QED) is 0.649. The molecule has 5 heteroatoms. The molecule has 0 radical (unpaired) electrons. The molecule has 0 amide bonds. The fraction of sp³-hybridized carbons (Fsp3) is 0.200. The van der Waals surface area contributed by atoms with Crippen LogP contribution in [0.1, 0.15) is 17.2 Å². The summed E-state index contributed by atoms with van der Waals surface area (Å²) in [6.45, 7) is 0. The molecule has 0 spiro atoms. The molecule has 0 aliphatic rings. The number of ether oxygens (including phenoxy) is 1. The Morgan fingerprint density at radius 1 is 1.30 bits per heavy atom. The Kier molecular flexibility index (Phi) is 5.11. The van der Waals surface area contributed by atoms with Crippen LogP contribution in [0, 0.1) is 5.82 Å². The van der Waals surface area contributed by atoms with Gasteiger partial charge < -0.3 is 4.74 Å². The van der Waals surface area contributed by atoms with Gasteiger partial charge in [-0.1, -0.05) is 34.1 Å². The number of para-hydroxylation sites is 1. The van der Waals surface area contributed by atoms with Gasteiger partial charge >= 0.3 is 0 Å². The molecule has 2 aromatic rings. The standard InChI is InChI=1S/C15H16BrFN2O/c1-20-15-5-3-2-4-12(15)14(19-18)9-10-8-11(16)6-7-13(10)17/h2-8,14,19H,9,18H2,1H3. The van der Waals surface area contributed by atoms with Crippen LogP contribution in [-0.4, -0.2) is 7.11 Å². The van der Waals surface area contributed by atoms with Crippen molar-refractivity contribution in [1.29, 1.82) is 0 Å². The lowest BCUT2D eigenvalue weighted by Gasteiger charge is -2.19. The smallest absolute Gasteiger partial charge is 0.126 e. The van der Waals surface area contributed by atoms with Gasteiger partial charge in [-0.3, -0.25) is 11.3 Å². The van der Waals surface area contributed by atoms with Crippen molar-refractivity contribution < 1.29 is 9.13 Å². The van der Waals surface area contributed by atoms with Gasteiger partial charge in [-0.2, -0.15) is 0 Å². The van der Waals surface area contributed by atoms with E-state index in [4.69, 9.17) is 10.6 Å². The van der Waals surface area contributed by atoms with Crippen molar-refractivity contribution in [3.63, 3.8) is 0 Å². The fourth-order valence-corrected chi connectivity index (χ4v) is 2.54. The molecular formula is C15H16BrFN2O. The monoisotopic (exact) mass is 338 g/mol. The summed E-state index contributed by atoms with van der Waals surface area (Å²) in [6.07, 6.45) is 0.433.